The molecule has 0 saturated carbocycles. The highest BCUT2D eigenvalue weighted by molar-refractivity contribution is 5.95. The maximum absolute atomic E-state index is 11.7. The molecule has 0 spiro atoms. The van der Waals surface area contributed by atoms with E-state index in [0.717, 1.165) is 5.56 Å². The quantitative estimate of drug-likeness (QED) is 0.565. The fourth-order valence-electron chi connectivity index (χ4n) is 1.98. The second-order valence-electron chi connectivity index (χ2n) is 4.24. The lowest BCUT2D eigenvalue weighted by atomic mass is 10.2. The van der Waals surface area contributed by atoms with E-state index in [1.54, 1.807) is 35.0 Å². The molecule has 6 nitrogen and oxygen atoms in total. The average Bonchev–Trinajstić information content (AvgIpc) is 2.90. The molecule has 2 aromatic heterocycles. The van der Waals surface area contributed by atoms with E-state index in [-0.39, 0.29) is 0 Å². The number of benzene rings is 1. The Kier molecular flexibility index (Phi) is 2.83. The lowest BCUT2D eigenvalue weighted by Gasteiger charge is -1.99. The first-order valence-corrected chi connectivity index (χ1v) is 5.98. The van der Waals surface area contributed by atoms with Gasteiger partial charge in [-0.15, -0.1) is 5.10 Å². The predicted octanol–water partition coefficient (Wildman–Crippen LogP) is 1.77. The van der Waals surface area contributed by atoms with Gasteiger partial charge in [0.1, 0.15) is 5.56 Å². The van der Waals surface area contributed by atoms with Crippen LogP contribution in [0.25, 0.3) is 17.0 Å². The molecule has 0 aliphatic heterocycles. The number of methoxy groups -OCH3 is 1. The first-order valence-electron chi connectivity index (χ1n) is 5.98. The van der Waals surface area contributed by atoms with E-state index < -0.39 is 5.97 Å². The molecule has 0 atom stereocenters. The molecule has 0 aliphatic carbocycles. The summed E-state index contributed by atoms with van der Waals surface area (Å²) in [6.45, 7) is 0. The molecule has 6 heteroatoms. The van der Waals surface area contributed by atoms with Crippen molar-refractivity contribution in [2.24, 2.45) is 0 Å². The summed E-state index contributed by atoms with van der Waals surface area (Å²) in [4.78, 5) is 16.1. The van der Waals surface area contributed by atoms with Gasteiger partial charge in [0.15, 0.2) is 11.5 Å². The molecule has 0 saturated heterocycles. The Hall–Kier alpha value is -2.89. The number of carbonyl (C=O) groups is 1. The van der Waals surface area contributed by atoms with Crippen molar-refractivity contribution in [3.05, 3.63) is 48.2 Å². The molecule has 3 rings (SSSR count). The number of pyridine rings is 1. The molecule has 0 bridgehead atoms. The Bertz CT molecular complexity index is 795. The summed E-state index contributed by atoms with van der Waals surface area (Å²) in [5.74, 6) is 0.0655. The van der Waals surface area contributed by atoms with Gasteiger partial charge in [0, 0.05) is 17.4 Å². The van der Waals surface area contributed by atoms with Crippen molar-refractivity contribution < 1.29 is 9.53 Å². The Balaban J connectivity index is 2.18. The summed E-state index contributed by atoms with van der Waals surface area (Å²) in [7, 11) is 1.33. The van der Waals surface area contributed by atoms with E-state index in [1.807, 2.05) is 12.1 Å². The van der Waals surface area contributed by atoms with Crippen molar-refractivity contribution in [3.63, 3.8) is 0 Å². The van der Waals surface area contributed by atoms with Crippen LogP contribution in [0.5, 0.6) is 0 Å². The summed E-state index contributed by atoms with van der Waals surface area (Å²) < 4.78 is 6.28. The van der Waals surface area contributed by atoms with Crippen LogP contribution in [0.3, 0.4) is 0 Å². The van der Waals surface area contributed by atoms with Crippen molar-refractivity contribution in [1.82, 2.24) is 14.6 Å². The van der Waals surface area contributed by atoms with Crippen LogP contribution >= 0.6 is 0 Å². The highest BCUT2D eigenvalue weighted by Crippen LogP contribution is 2.20. The van der Waals surface area contributed by atoms with Gasteiger partial charge < -0.3 is 10.5 Å². The number of hydrogen-bond acceptors (Lipinski definition) is 5. The van der Waals surface area contributed by atoms with Gasteiger partial charge in [0.2, 0.25) is 0 Å². The lowest BCUT2D eigenvalue weighted by molar-refractivity contribution is 0.0602. The van der Waals surface area contributed by atoms with E-state index in [0.29, 0.717) is 22.7 Å². The normalized spacial score (nSPS) is 10.7. The Morgan fingerprint density at radius 2 is 2.15 bits per heavy atom. The zero-order valence-corrected chi connectivity index (χ0v) is 10.8. The third-order valence-corrected chi connectivity index (χ3v) is 2.91. The molecule has 2 N–H and O–H groups in total. The SMILES string of the molecule is COC(=O)c1cccn2nc(-c3cccc(N)c3)nc12. The van der Waals surface area contributed by atoms with Crippen molar-refractivity contribution >= 4 is 17.3 Å². The second kappa shape index (κ2) is 4.65. The summed E-state index contributed by atoms with van der Waals surface area (Å²) in [5, 5.41) is 4.34. The molecule has 0 radical (unpaired) electrons. The maximum Gasteiger partial charge on any atom is 0.341 e. The minimum absolute atomic E-state index is 0.373. The number of fused-ring (bicyclic) bond motifs is 1. The molecule has 0 amide bonds. The fraction of sp³-hybridized carbons (Fsp3) is 0.0714. The molecule has 20 heavy (non-hydrogen) atoms. The van der Waals surface area contributed by atoms with Gasteiger partial charge in [-0.3, -0.25) is 0 Å². The van der Waals surface area contributed by atoms with Crippen LogP contribution in [-0.4, -0.2) is 27.7 Å². The molecule has 0 fully saturated rings. The smallest absolute Gasteiger partial charge is 0.341 e. The molecule has 1 aromatic carbocycles. The number of anilines is 1. The van der Waals surface area contributed by atoms with Gasteiger partial charge in [0.25, 0.3) is 0 Å². The van der Waals surface area contributed by atoms with Crippen LogP contribution in [0.4, 0.5) is 5.69 Å². The third-order valence-electron chi connectivity index (χ3n) is 2.91. The monoisotopic (exact) mass is 268 g/mol. The van der Waals surface area contributed by atoms with E-state index in [1.165, 1.54) is 7.11 Å². The number of ether oxygens (including phenoxy) is 1. The summed E-state index contributed by atoms with van der Waals surface area (Å²) >= 11 is 0. The molecule has 0 unspecified atom stereocenters. The third kappa shape index (κ3) is 1.97. The predicted molar refractivity (Wildman–Crippen MR) is 74.2 cm³/mol. The van der Waals surface area contributed by atoms with Gasteiger partial charge in [-0.2, -0.15) is 0 Å². The average molecular weight is 268 g/mol. The highest BCUT2D eigenvalue weighted by Gasteiger charge is 2.15. The minimum Gasteiger partial charge on any atom is -0.465 e. The van der Waals surface area contributed by atoms with Crippen molar-refractivity contribution in [2.75, 3.05) is 12.8 Å². The number of nitrogen functional groups attached to an aromatic ring is 1. The zero-order chi connectivity index (χ0) is 14.1. The molecule has 3 aromatic rings. The number of esters is 1. The van der Waals surface area contributed by atoms with Gasteiger partial charge in [0.05, 0.1) is 7.11 Å². The Labute approximate surface area is 114 Å². The van der Waals surface area contributed by atoms with Crippen LogP contribution in [0.15, 0.2) is 42.6 Å². The van der Waals surface area contributed by atoms with Crippen LogP contribution in [0.2, 0.25) is 0 Å². The van der Waals surface area contributed by atoms with Gasteiger partial charge >= 0.3 is 5.97 Å². The number of carbonyl (C=O) groups excluding carboxylic acids is 1. The number of nitrogens with two attached hydrogens (primary N) is 1. The lowest BCUT2D eigenvalue weighted by Crippen LogP contribution is -2.04. The van der Waals surface area contributed by atoms with E-state index >= 15 is 0 Å². The molecule has 0 aliphatic rings. The van der Waals surface area contributed by atoms with Crippen LogP contribution < -0.4 is 5.73 Å². The van der Waals surface area contributed by atoms with Crippen molar-refractivity contribution in [2.45, 2.75) is 0 Å². The van der Waals surface area contributed by atoms with Crippen LogP contribution in [0, 0.1) is 0 Å². The largest absolute Gasteiger partial charge is 0.465 e. The molecule has 100 valence electrons. The summed E-state index contributed by atoms with van der Waals surface area (Å²) in [6, 6.07) is 10.6. The van der Waals surface area contributed by atoms with Gasteiger partial charge in [-0.05, 0) is 24.3 Å². The van der Waals surface area contributed by atoms with E-state index in [2.05, 4.69) is 10.1 Å². The maximum atomic E-state index is 11.7. The van der Waals surface area contributed by atoms with E-state index in [9.17, 15) is 4.79 Å². The number of nitrogens with zero attached hydrogens (tertiary/aromatic N) is 3. The molecule has 2 heterocycles. The van der Waals surface area contributed by atoms with Crippen molar-refractivity contribution in [3.8, 4) is 11.4 Å². The van der Waals surface area contributed by atoms with Crippen molar-refractivity contribution in [1.29, 1.82) is 0 Å². The topological polar surface area (TPSA) is 82.5 Å². The van der Waals surface area contributed by atoms with Gasteiger partial charge in [-0.25, -0.2) is 14.3 Å². The fourth-order valence-corrected chi connectivity index (χ4v) is 1.98. The minimum atomic E-state index is -0.442. The van der Waals surface area contributed by atoms with E-state index in [4.69, 9.17) is 10.5 Å². The molecular formula is C14H12N4O2. The second-order valence-corrected chi connectivity index (χ2v) is 4.24. The first-order chi connectivity index (χ1) is 9.69. The standard InChI is InChI=1S/C14H12N4O2/c1-20-14(19)11-6-3-7-18-13(11)16-12(17-18)9-4-2-5-10(15)8-9/h2-8H,15H2,1H3. The summed E-state index contributed by atoms with van der Waals surface area (Å²) in [5.41, 5.74) is 8.01. The van der Waals surface area contributed by atoms with Crippen LogP contribution in [-0.2, 0) is 4.74 Å². The number of hydrogen-bond donors (Lipinski definition) is 1. The number of aromatic nitrogens is 3. The Morgan fingerprint density at radius 1 is 1.30 bits per heavy atom. The van der Waals surface area contributed by atoms with Gasteiger partial charge in [-0.1, -0.05) is 12.1 Å². The molecular weight excluding hydrogens is 256 g/mol. The zero-order valence-electron chi connectivity index (χ0n) is 10.8. The summed E-state index contributed by atoms with van der Waals surface area (Å²) in [6.07, 6.45) is 1.73. The number of rotatable bonds is 2. The van der Waals surface area contributed by atoms with Crippen LogP contribution in [0.1, 0.15) is 10.4 Å². The first kappa shape index (κ1) is 12.2. The highest BCUT2D eigenvalue weighted by atomic mass is 16.5. The Morgan fingerprint density at radius 3 is 2.90 bits per heavy atom.